The number of methoxy groups -OCH3 is 1. The molecule has 0 heterocycles. The molecule has 2 saturated carbocycles. The van der Waals surface area contributed by atoms with Crippen molar-refractivity contribution in [3.05, 3.63) is 48.0 Å². The molecule has 0 aromatic heterocycles. The van der Waals surface area contributed by atoms with Crippen molar-refractivity contribution in [3.63, 3.8) is 0 Å². The van der Waals surface area contributed by atoms with Crippen LogP contribution in [0, 0.1) is 23.2 Å². The van der Waals surface area contributed by atoms with Crippen molar-refractivity contribution in [2.45, 2.75) is 64.9 Å². The lowest BCUT2D eigenvalue weighted by Gasteiger charge is -2.51. The molecule has 0 aliphatic heterocycles. The zero-order chi connectivity index (χ0) is 21.0. The van der Waals surface area contributed by atoms with Crippen molar-refractivity contribution in [2.24, 2.45) is 23.2 Å². The van der Waals surface area contributed by atoms with Crippen LogP contribution >= 0.6 is 0 Å². The van der Waals surface area contributed by atoms with Crippen LogP contribution in [-0.4, -0.2) is 25.2 Å². The van der Waals surface area contributed by atoms with Crippen molar-refractivity contribution >= 4 is 11.9 Å². The van der Waals surface area contributed by atoms with Crippen molar-refractivity contribution in [2.75, 3.05) is 7.11 Å². The van der Waals surface area contributed by atoms with E-state index in [0.29, 0.717) is 18.8 Å². The van der Waals surface area contributed by atoms with Gasteiger partial charge in [-0.15, -0.1) is 0 Å². The fourth-order valence-electron chi connectivity index (χ4n) is 5.24. The van der Waals surface area contributed by atoms with Crippen LogP contribution in [0.5, 0.6) is 0 Å². The second-order valence-electron chi connectivity index (χ2n) is 9.13. The van der Waals surface area contributed by atoms with Gasteiger partial charge in [-0.05, 0) is 66.9 Å². The van der Waals surface area contributed by atoms with Crippen LogP contribution in [-0.2, 0) is 25.5 Å². The summed E-state index contributed by atoms with van der Waals surface area (Å²) in [6, 6.07) is 10.0. The molecular formula is C25H34O4. The number of fused-ring (bicyclic) bond motifs is 1. The van der Waals surface area contributed by atoms with Crippen LogP contribution in [0.15, 0.2) is 42.5 Å². The molecule has 5 atom stereocenters. The summed E-state index contributed by atoms with van der Waals surface area (Å²) in [6.07, 6.45) is 5.80. The maximum absolute atomic E-state index is 12.4. The summed E-state index contributed by atoms with van der Waals surface area (Å²) in [5.74, 6) is 0.188. The second-order valence-corrected chi connectivity index (χ2v) is 9.13. The molecule has 0 N–H and O–H groups in total. The van der Waals surface area contributed by atoms with E-state index in [-0.39, 0.29) is 35.3 Å². The van der Waals surface area contributed by atoms with Crippen molar-refractivity contribution < 1.29 is 19.1 Å². The SMILES string of the molecule is C=C1[C@@H](OC(=O)CCc2ccccc2)CC[C@]2(C)CC[C@@H]([C@@H](C)C(=O)OC)C[C@@H]12. The smallest absolute Gasteiger partial charge is 0.308 e. The largest absolute Gasteiger partial charge is 0.469 e. The summed E-state index contributed by atoms with van der Waals surface area (Å²) in [7, 11) is 1.45. The van der Waals surface area contributed by atoms with E-state index in [1.165, 1.54) is 7.11 Å². The minimum Gasteiger partial charge on any atom is -0.469 e. The van der Waals surface area contributed by atoms with Gasteiger partial charge in [0.05, 0.1) is 13.0 Å². The van der Waals surface area contributed by atoms with Crippen LogP contribution in [0.4, 0.5) is 0 Å². The zero-order valence-corrected chi connectivity index (χ0v) is 18.0. The quantitative estimate of drug-likeness (QED) is 0.493. The Labute approximate surface area is 174 Å². The minimum atomic E-state index is -0.205. The molecule has 1 aromatic rings. The van der Waals surface area contributed by atoms with Gasteiger partial charge in [0.25, 0.3) is 0 Å². The first-order valence-electron chi connectivity index (χ1n) is 10.8. The van der Waals surface area contributed by atoms with Crippen LogP contribution < -0.4 is 0 Å². The molecular weight excluding hydrogens is 364 g/mol. The Morgan fingerprint density at radius 3 is 2.59 bits per heavy atom. The number of hydrogen-bond acceptors (Lipinski definition) is 4. The highest BCUT2D eigenvalue weighted by Gasteiger charge is 2.48. The Hall–Kier alpha value is -2.10. The second kappa shape index (κ2) is 9.15. The molecule has 0 unspecified atom stereocenters. The van der Waals surface area contributed by atoms with Gasteiger partial charge in [0, 0.05) is 6.42 Å². The molecule has 4 nitrogen and oxygen atoms in total. The number of carbonyl (C=O) groups excluding carboxylic acids is 2. The topological polar surface area (TPSA) is 52.6 Å². The Morgan fingerprint density at radius 2 is 1.90 bits per heavy atom. The average molecular weight is 399 g/mol. The number of ether oxygens (including phenoxy) is 2. The molecule has 0 saturated heterocycles. The van der Waals surface area contributed by atoms with E-state index in [2.05, 4.69) is 13.5 Å². The van der Waals surface area contributed by atoms with Gasteiger partial charge in [-0.2, -0.15) is 0 Å². The molecule has 0 spiro atoms. The molecule has 2 aliphatic rings. The lowest BCUT2D eigenvalue weighted by Crippen LogP contribution is -2.45. The predicted octanol–water partition coefficient (Wildman–Crippen LogP) is 5.11. The van der Waals surface area contributed by atoms with E-state index in [0.717, 1.165) is 43.2 Å². The highest BCUT2D eigenvalue weighted by atomic mass is 16.5. The van der Waals surface area contributed by atoms with Gasteiger partial charge < -0.3 is 9.47 Å². The summed E-state index contributed by atoms with van der Waals surface area (Å²) in [4.78, 5) is 24.5. The molecule has 0 radical (unpaired) electrons. The van der Waals surface area contributed by atoms with Gasteiger partial charge in [-0.25, -0.2) is 0 Å². The van der Waals surface area contributed by atoms with Gasteiger partial charge in [0.1, 0.15) is 6.10 Å². The molecule has 29 heavy (non-hydrogen) atoms. The van der Waals surface area contributed by atoms with E-state index < -0.39 is 0 Å². The highest BCUT2D eigenvalue weighted by molar-refractivity contribution is 5.72. The van der Waals surface area contributed by atoms with Crippen LogP contribution in [0.3, 0.4) is 0 Å². The Bertz CT molecular complexity index is 740. The summed E-state index contributed by atoms with van der Waals surface area (Å²) >= 11 is 0. The molecule has 3 rings (SSSR count). The molecule has 1 aromatic carbocycles. The molecule has 0 bridgehead atoms. The van der Waals surface area contributed by atoms with Gasteiger partial charge in [-0.3, -0.25) is 9.59 Å². The Morgan fingerprint density at radius 1 is 1.21 bits per heavy atom. The van der Waals surface area contributed by atoms with Gasteiger partial charge in [0.15, 0.2) is 0 Å². The average Bonchev–Trinajstić information content (AvgIpc) is 2.74. The zero-order valence-electron chi connectivity index (χ0n) is 18.0. The Kier molecular flexibility index (Phi) is 6.81. The van der Waals surface area contributed by atoms with E-state index in [9.17, 15) is 9.59 Å². The van der Waals surface area contributed by atoms with Gasteiger partial charge in [-0.1, -0.05) is 50.8 Å². The first-order chi connectivity index (χ1) is 13.8. The van der Waals surface area contributed by atoms with E-state index in [1.807, 2.05) is 37.3 Å². The molecule has 0 amide bonds. The normalized spacial score (nSPS) is 30.2. The number of esters is 2. The van der Waals surface area contributed by atoms with Gasteiger partial charge >= 0.3 is 11.9 Å². The fourth-order valence-corrected chi connectivity index (χ4v) is 5.24. The van der Waals surface area contributed by atoms with Crippen LogP contribution in [0.2, 0.25) is 0 Å². The first-order valence-corrected chi connectivity index (χ1v) is 10.8. The highest BCUT2D eigenvalue weighted by Crippen LogP contribution is 2.55. The van der Waals surface area contributed by atoms with Crippen molar-refractivity contribution in [1.29, 1.82) is 0 Å². The molecule has 4 heteroatoms. The summed E-state index contributed by atoms with van der Waals surface area (Å²) in [6.45, 7) is 8.65. The van der Waals surface area contributed by atoms with E-state index in [4.69, 9.17) is 9.47 Å². The van der Waals surface area contributed by atoms with Crippen LogP contribution in [0.25, 0.3) is 0 Å². The number of hydrogen-bond donors (Lipinski definition) is 0. The lowest BCUT2D eigenvalue weighted by molar-refractivity contribution is -0.150. The number of aryl methyl sites for hydroxylation is 1. The molecule has 2 fully saturated rings. The third-order valence-electron chi connectivity index (χ3n) is 7.32. The third-order valence-corrected chi connectivity index (χ3v) is 7.32. The fraction of sp³-hybridized carbons (Fsp3) is 0.600. The molecule has 2 aliphatic carbocycles. The van der Waals surface area contributed by atoms with Gasteiger partial charge in [0.2, 0.25) is 0 Å². The van der Waals surface area contributed by atoms with Crippen molar-refractivity contribution in [3.8, 4) is 0 Å². The minimum absolute atomic E-state index is 0.105. The number of benzene rings is 1. The standard InChI is InChI=1S/C25H34O4/c1-17(24(27)28-4)20-12-14-25(3)15-13-22(18(2)21(25)16-20)29-23(26)11-10-19-8-6-5-7-9-19/h5-9,17,20-22H,2,10-16H2,1,3-4H3/t17-,20-,21+,22+,25+/m1/s1. The third kappa shape index (κ3) is 4.91. The van der Waals surface area contributed by atoms with E-state index >= 15 is 0 Å². The van der Waals surface area contributed by atoms with E-state index in [1.54, 1.807) is 0 Å². The Balaban J connectivity index is 1.59. The monoisotopic (exact) mass is 398 g/mol. The number of carbonyl (C=O) groups is 2. The number of rotatable bonds is 6. The maximum atomic E-state index is 12.4. The van der Waals surface area contributed by atoms with Crippen LogP contribution in [0.1, 0.15) is 57.9 Å². The lowest BCUT2D eigenvalue weighted by atomic mass is 9.55. The maximum Gasteiger partial charge on any atom is 0.308 e. The molecule has 158 valence electrons. The summed E-state index contributed by atoms with van der Waals surface area (Å²) in [5, 5.41) is 0. The summed E-state index contributed by atoms with van der Waals surface area (Å²) < 4.78 is 10.8. The first kappa shape index (κ1) is 21.6. The predicted molar refractivity (Wildman–Crippen MR) is 113 cm³/mol. The van der Waals surface area contributed by atoms with Crippen molar-refractivity contribution in [1.82, 2.24) is 0 Å². The summed E-state index contributed by atoms with van der Waals surface area (Å²) in [5.41, 5.74) is 2.37.